The van der Waals surface area contributed by atoms with Crippen LogP contribution in [0.25, 0.3) is 40.2 Å². The monoisotopic (exact) mass is 741 g/mol. The van der Waals surface area contributed by atoms with E-state index in [2.05, 4.69) is 19.5 Å². The van der Waals surface area contributed by atoms with Crippen LogP contribution in [-0.4, -0.2) is 65.2 Å². The lowest BCUT2D eigenvalue weighted by Gasteiger charge is -2.33. The first-order chi connectivity index (χ1) is 22.3. The van der Waals surface area contributed by atoms with Crippen molar-refractivity contribution in [1.82, 2.24) is 29.4 Å². The maximum Gasteiger partial charge on any atom is 0.421 e. The number of ether oxygens (including phenoxy) is 1. The molecule has 0 saturated carbocycles. The first kappa shape index (κ1) is 30.2. The summed E-state index contributed by atoms with van der Waals surface area (Å²) in [5.74, 6) is 1.12. The first-order valence-electron chi connectivity index (χ1n) is 14.5. The Labute approximate surface area is 270 Å². The van der Waals surface area contributed by atoms with Crippen molar-refractivity contribution in [3.63, 3.8) is 0 Å². The van der Waals surface area contributed by atoms with Crippen LogP contribution in [0.2, 0.25) is 0 Å². The van der Waals surface area contributed by atoms with Crippen LogP contribution in [0.4, 0.5) is 13.2 Å². The van der Waals surface area contributed by atoms with E-state index >= 15 is 0 Å². The molecular weight excluding hydrogens is 714 g/mol. The number of allylic oxidation sites excluding steroid dienone is 1. The van der Waals surface area contributed by atoms with Crippen molar-refractivity contribution in [1.29, 1.82) is 0 Å². The molecule has 1 fully saturated rings. The minimum Gasteiger partial charge on any atom is -0.496 e. The van der Waals surface area contributed by atoms with Gasteiger partial charge in [-0.05, 0) is 55.3 Å². The van der Waals surface area contributed by atoms with E-state index in [1.807, 2.05) is 30.3 Å². The fraction of sp³-hybridized carbons (Fsp3) is 0.250. The zero-order valence-electron chi connectivity index (χ0n) is 24.5. The summed E-state index contributed by atoms with van der Waals surface area (Å²) in [7, 11) is 1.42. The van der Waals surface area contributed by atoms with Crippen molar-refractivity contribution in [2.24, 2.45) is 5.73 Å². The average Bonchev–Trinajstić information content (AvgIpc) is 3.69. The third-order valence-electron chi connectivity index (χ3n) is 8.00. The number of alkyl halides is 3. The number of nitrogens with two attached hydrogens (primary N) is 1. The predicted molar refractivity (Wildman–Crippen MR) is 174 cm³/mol. The minimum absolute atomic E-state index is 0.0297. The number of imidazole rings is 1. The number of nitrogens with zero attached hydrogens (tertiary/aromatic N) is 6. The van der Waals surface area contributed by atoms with Gasteiger partial charge in [-0.1, -0.05) is 32.9 Å². The number of fused-ring (bicyclic) bond motifs is 2. The molecule has 46 heavy (non-hydrogen) atoms. The number of rotatable bonds is 6. The van der Waals surface area contributed by atoms with E-state index in [1.165, 1.54) is 13.2 Å². The highest BCUT2D eigenvalue weighted by molar-refractivity contribution is 14.2. The zero-order chi connectivity index (χ0) is 32.0. The molecule has 1 amide bonds. The Morgan fingerprint density at radius 1 is 1.07 bits per heavy atom. The van der Waals surface area contributed by atoms with Gasteiger partial charge in [0.05, 0.1) is 20.7 Å². The largest absolute Gasteiger partial charge is 0.496 e. The Balaban J connectivity index is 1.16. The van der Waals surface area contributed by atoms with E-state index in [0.717, 1.165) is 28.8 Å². The molecule has 0 radical (unpaired) electrons. The Morgan fingerprint density at radius 2 is 1.87 bits per heavy atom. The molecule has 6 heterocycles. The van der Waals surface area contributed by atoms with Crippen LogP contribution in [0.15, 0.2) is 65.4 Å². The molecule has 2 aliphatic rings. The number of aromatic nitrogens is 5. The number of oxazole rings is 1. The SMILES string of the molecule is COc1ccc(-c2nc(C(=O)N3CCC(n4c(-c5ccccn5)nc5cccnc54)CC3)c(CN)o2)c2c1I=C(C(F)(F)F)C=C2. The highest BCUT2D eigenvalue weighted by Gasteiger charge is 2.36. The Hall–Kier alpha value is -4.44. The lowest BCUT2D eigenvalue weighted by Crippen LogP contribution is -2.39. The van der Waals surface area contributed by atoms with Crippen LogP contribution < -0.4 is 10.5 Å². The van der Waals surface area contributed by atoms with Crippen molar-refractivity contribution >= 4 is 47.4 Å². The van der Waals surface area contributed by atoms with Gasteiger partial charge < -0.3 is 24.4 Å². The summed E-state index contributed by atoms with van der Waals surface area (Å²) in [5.41, 5.74) is 9.37. The van der Waals surface area contributed by atoms with Gasteiger partial charge in [-0.2, -0.15) is 13.2 Å². The molecule has 0 aliphatic carbocycles. The van der Waals surface area contributed by atoms with E-state index in [4.69, 9.17) is 19.9 Å². The van der Waals surface area contributed by atoms with E-state index in [0.29, 0.717) is 46.4 Å². The number of benzene rings is 1. The van der Waals surface area contributed by atoms with Gasteiger partial charge in [0, 0.05) is 42.7 Å². The molecular formula is C32H27F3IN7O3. The second kappa shape index (κ2) is 12.1. The van der Waals surface area contributed by atoms with Gasteiger partial charge in [-0.15, -0.1) is 0 Å². The quantitative estimate of drug-likeness (QED) is 0.211. The van der Waals surface area contributed by atoms with Crippen LogP contribution in [0.5, 0.6) is 5.75 Å². The molecule has 10 nitrogen and oxygen atoms in total. The summed E-state index contributed by atoms with van der Waals surface area (Å²) in [6.07, 6.45) is 2.84. The normalized spacial score (nSPS) is 15.4. The Morgan fingerprint density at radius 3 is 2.59 bits per heavy atom. The number of piperidine rings is 1. The van der Waals surface area contributed by atoms with Crippen LogP contribution in [-0.2, 0) is 6.54 Å². The number of hydrogen-bond donors (Lipinski definition) is 1. The fourth-order valence-corrected chi connectivity index (χ4v) is 8.49. The molecule has 1 saturated heterocycles. The lowest BCUT2D eigenvalue weighted by molar-refractivity contribution is -0.0548. The van der Waals surface area contributed by atoms with Crippen LogP contribution in [0.1, 0.15) is 40.7 Å². The maximum absolute atomic E-state index is 13.8. The number of pyridine rings is 2. The highest BCUT2D eigenvalue weighted by Crippen LogP contribution is 2.42. The predicted octanol–water partition coefficient (Wildman–Crippen LogP) is 5.99. The van der Waals surface area contributed by atoms with Gasteiger partial charge in [0.1, 0.15) is 17.0 Å². The molecule has 7 rings (SSSR count). The molecule has 0 bridgehead atoms. The van der Waals surface area contributed by atoms with Gasteiger partial charge in [0.2, 0.25) is 5.89 Å². The number of hydrogen-bond acceptors (Lipinski definition) is 8. The second-order valence-electron chi connectivity index (χ2n) is 10.7. The number of carbonyl (C=O) groups is 1. The third-order valence-corrected chi connectivity index (χ3v) is 11.2. The van der Waals surface area contributed by atoms with Gasteiger partial charge >= 0.3 is 6.18 Å². The molecule has 2 aliphatic heterocycles. The van der Waals surface area contributed by atoms with Crippen molar-refractivity contribution in [3.05, 3.63) is 81.5 Å². The van der Waals surface area contributed by atoms with Gasteiger partial charge in [-0.25, -0.2) is 15.0 Å². The van der Waals surface area contributed by atoms with E-state index in [1.54, 1.807) is 29.4 Å². The molecule has 14 heteroatoms. The number of halogens is 4. The third kappa shape index (κ3) is 5.38. The topological polar surface area (TPSA) is 125 Å². The van der Waals surface area contributed by atoms with Gasteiger partial charge in [0.15, 0.2) is 22.9 Å². The second-order valence-corrected chi connectivity index (χ2v) is 13.5. The van der Waals surface area contributed by atoms with Crippen molar-refractivity contribution in [2.45, 2.75) is 31.6 Å². The molecule has 0 atom stereocenters. The number of amides is 1. The van der Waals surface area contributed by atoms with Crippen LogP contribution >= 0.6 is 20.7 Å². The smallest absolute Gasteiger partial charge is 0.421 e. The summed E-state index contributed by atoms with van der Waals surface area (Å²) < 4.78 is 54.0. The van der Waals surface area contributed by atoms with E-state index < -0.39 is 30.4 Å². The average molecular weight is 742 g/mol. The molecule has 236 valence electrons. The maximum atomic E-state index is 13.8. The van der Waals surface area contributed by atoms with Crippen molar-refractivity contribution in [3.8, 4) is 28.7 Å². The molecule has 1 aromatic carbocycles. The number of methoxy groups -OCH3 is 1. The number of likely N-dealkylation sites (tertiary alicyclic amines) is 1. The van der Waals surface area contributed by atoms with Crippen LogP contribution in [0, 0.1) is 3.57 Å². The fourth-order valence-electron chi connectivity index (χ4n) is 5.82. The molecule has 4 aromatic heterocycles. The Kier molecular flexibility index (Phi) is 7.92. The summed E-state index contributed by atoms with van der Waals surface area (Å²) >= 11 is -1.58. The molecule has 0 spiro atoms. The molecule has 5 aromatic rings. The van der Waals surface area contributed by atoms with Crippen molar-refractivity contribution in [2.75, 3.05) is 20.2 Å². The minimum atomic E-state index is -4.42. The van der Waals surface area contributed by atoms with Crippen molar-refractivity contribution < 1.29 is 27.1 Å². The lowest BCUT2D eigenvalue weighted by atomic mass is 10.0. The van der Waals surface area contributed by atoms with E-state index in [9.17, 15) is 18.0 Å². The summed E-state index contributed by atoms with van der Waals surface area (Å²) in [4.78, 5) is 34.0. The summed E-state index contributed by atoms with van der Waals surface area (Å²) in [5, 5.41) is 0. The summed E-state index contributed by atoms with van der Waals surface area (Å²) in [6, 6.07) is 12.8. The standard InChI is InChI=1S/C32H27F3IN7O3/c1-45-23-9-7-20(19-8-10-25(32(33,34)35)36-26(19)23)30-41-27(24(17-37)46-30)31(44)42-15-11-18(12-16-42)43-28-22(6-4-14-39-28)40-29(43)21-5-2-3-13-38-21/h2-10,13-14,18H,11-12,15-17,37H2,1H3. The zero-order valence-corrected chi connectivity index (χ0v) is 26.6. The highest BCUT2D eigenvalue weighted by atomic mass is 127. The number of carbonyl (C=O) groups excluding carboxylic acids is 1. The first-order valence-corrected chi connectivity index (χ1v) is 16.6. The van der Waals surface area contributed by atoms with Gasteiger partial charge in [-0.3, -0.25) is 9.78 Å². The van der Waals surface area contributed by atoms with Crippen LogP contribution in [0.3, 0.4) is 0 Å². The van der Waals surface area contributed by atoms with E-state index in [-0.39, 0.29) is 35.8 Å². The summed E-state index contributed by atoms with van der Waals surface area (Å²) in [6.45, 7) is 0.827. The molecule has 0 unspecified atom stereocenters. The van der Waals surface area contributed by atoms with Gasteiger partial charge in [0.25, 0.3) is 5.91 Å². The Bertz CT molecular complexity index is 2010. The molecule has 2 N–H and O–H groups in total.